The van der Waals surface area contributed by atoms with Crippen molar-refractivity contribution in [1.82, 2.24) is 24.6 Å². The second kappa shape index (κ2) is 9.64. The molecule has 4 heterocycles. The molecular weight excluding hydrogens is 418 g/mol. The molecule has 1 fully saturated rings. The SMILES string of the molecule is O=C(C1OCCc2ccccc21)N1CCN(CCn2nc(-c3cccnc3)ccc2=O)CC1. The van der Waals surface area contributed by atoms with Crippen LogP contribution in [0.2, 0.25) is 0 Å². The molecule has 2 aliphatic rings. The number of hydrogen-bond acceptors (Lipinski definition) is 6. The lowest BCUT2D eigenvalue weighted by Crippen LogP contribution is -2.51. The number of fused-ring (bicyclic) bond motifs is 1. The molecule has 8 nitrogen and oxygen atoms in total. The molecule has 8 heteroatoms. The Bertz CT molecular complexity index is 1170. The van der Waals surface area contributed by atoms with Crippen LogP contribution in [-0.4, -0.2) is 69.8 Å². The van der Waals surface area contributed by atoms with Crippen LogP contribution in [0.25, 0.3) is 11.3 Å². The van der Waals surface area contributed by atoms with E-state index in [9.17, 15) is 9.59 Å². The molecule has 0 radical (unpaired) electrons. The van der Waals surface area contributed by atoms with Crippen molar-refractivity contribution in [3.63, 3.8) is 0 Å². The predicted molar refractivity (Wildman–Crippen MR) is 124 cm³/mol. The fourth-order valence-electron chi connectivity index (χ4n) is 4.47. The lowest BCUT2D eigenvalue weighted by Gasteiger charge is -2.37. The zero-order chi connectivity index (χ0) is 22.6. The third-order valence-electron chi connectivity index (χ3n) is 6.35. The molecule has 1 amide bonds. The number of aromatic nitrogens is 3. The van der Waals surface area contributed by atoms with E-state index in [1.54, 1.807) is 24.5 Å². The van der Waals surface area contributed by atoms with Crippen molar-refractivity contribution in [2.75, 3.05) is 39.3 Å². The van der Waals surface area contributed by atoms with Crippen molar-refractivity contribution in [2.24, 2.45) is 0 Å². The van der Waals surface area contributed by atoms with Gasteiger partial charge in [-0.2, -0.15) is 5.10 Å². The summed E-state index contributed by atoms with van der Waals surface area (Å²) in [4.78, 5) is 33.7. The van der Waals surface area contributed by atoms with Crippen LogP contribution in [0.15, 0.2) is 65.7 Å². The van der Waals surface area contributed by atoms with E-state index in [0.29, 0.717) is 32.8 Å². The van der Waals surface area contributed by atoms with Crippen LogP contribution in [0.4, 0.5) is 0 Å². The van der Waals surface area contributed by atoms with E-state index in [1.807, 2.05) is 35.2 Å². The Morgan fingerprint density at radius 1 is 1.00 bits per heavy atom. The number of carbonyl (C=O) groups excluding carboxylic acids is 1. The minimum absolute atomic E-state index is 0.0452. The van der Waals surface area contributed by atoms with Crippen LogP contribution >= 0.6 is 0 Å². The van der Waals surface area contributed by atoms with Gasteiger partial charge in [0.2, 0.25) is 0 Å². The van der Waals surface area contributed by atoms with E-state index < -0.39 is 6.10 Å². The van der Waals surface area contributed by atoms with E-state index in [2.05, 4.69) is 21.0 Å². The summed E-state index contributed by atoms with van der Waals surface area (Å²) in [5, 5.41) is 4.51. The minimum atomic E-state index is -0.500. The van der Waals surface area contributed by atoms with Gasteiger partial charge in [-0.25, -0.2) is 4.68 Å². The molecule has 170 valence electrons. The van der Waals surface area contributed by atoms with Crippen LogP contribution in [0.5, 0.6) is 0 Å². The summed E-state index contributed by atoms with van der Waals surface area (Å²) >= 11 is 0. The molecule has 1 unspecified atom stereocenters. The second-order valence-corrected chi connectivity index (χ2v) is 8.39. The topological polar surface area (TPSA) is 80.6 Å². The molecule has 2 aliphatic heterocycles. The monoisotopic (exact) mass is 445 g/mol. The molecule has 1 atom stereocenters. The normalized spacial score (nSPS) is 18.7. The number of benzene rings is 1. The molecule has 0 saturated carbocycles. The fraction of sp³-hybridized carbons (Fsp3) is 0.360. The number of nitrogens with zero attached hydrogens (tertiary/aromatic N) is 5. The number of ether oxygens (including phenoxy) is 1. The first kappa shape index (κ1) is 21.5. The number of amides is 1. The van der Waals surface area contributed by atoms with E-state index >= 15 is 0 Å². The Labute approximate surface area is 192 Å². The van der Waals surface area contributed by atoms with Gasteiger partial charge in [-0.3, -0.25) is 19.5 Å². The van der Waals surface area contributed by atoms with Gasteiger partial charge in [0.15, 0.2) is 6.10 Å². The Morgan fingerprint density at radius 3 is 2.67 bits per heavy atom. The van der Waals surface area contributed by atoms with Crippen molar-refractivity contribution in [3.05, 3.63) is 82.4 Å². The van der Waals surface area contributed by atoms with Crippen LogP contribution < -0.4 is 5.56 Å². The highest BCUT2D eigenvalue weighted by atomic mass is 16.5. The first-order valence-electron chi connectivity index (χ1n) is 11.4. The zero-order valence-corrected chi connectivity index (χ0v) is 18.5. The van der Waals surface area contributed by atoms with Gasteiger partial charge in [0.1, 0.15) is 0 Å². The van der Waals surface area contributed by atoms with Gasteiger partial charge in [-0.15, -0.1) is 0 Å². The Kier molecular flexibility index (Phi) is 6.28. The maximum absolute atomic E-state index is 13.1. The maximum atomic E-state index is 13.1. The molecule has 0 spiro atoms. The van der Waals surface area contributed by atoms with Gasteiger partial charge < -0.3 is 9.64 Å². The number of rotatable bonds is 5. The zero-order valence-electron chi connectivity index (χ0n) is 18.5. The van der Waals surface area contributed by atoms with Crippen LogP contribution in [0, 0.1) is 0 Å². The fourth-order valence-corrected chi connectivity index (χ4v) is 4.47. The first-order chi connectivity index (χ1) is 16.2. The second-order valence-electron chi connectivity index (χ2n) is 8.39. The molecule has 1 saturated heterocycles. The van der Waals surface area contributed by atoms with Gasteiger partial charge in [-0.05, 0) is 35.7 Å². The van der Waals surface area contributed by atoms with Crippen molar-refractivity contribution < 1.29 is 9.53 Å². The van der Waals surface area contributed by atoms with Crippen LogP contribution in [0.3, 0.4) is 0 Å². The molecule has 0 bridgehead atoms. The first-order valence-corrected chi connectivity index (χ1v) is 11.4. The van der Waals surface area contributed by atoms with E-state index in [-0.39, 0.29) is 11.5 Å². The molecule has 33 heavy (non-hydrogen) atoms. The highest BCUT2D eigenvalue weighted by Crippen LogP contribution is 2.28. The average Bonchev–Trinajstić information content (AvgIpc) is 2.88. The molecule has 5 rings (SSSR count). The van der Waals surface area contributed by atoms with Gasteiger partial charge in [-0.1, -0.05) is 24.3 Å². The summed E-state index contributed by atoms with van der Waals surface area (Å²) in [5.74, 6) is 0.0452. The maximum Gasteiger partial charge on any atom is 0.266 e. The van der Waals surface area contributed by atoms with Gasteiger partial charge in [0.05, 0.1) is 18.8 Å². The summed E-state index contributed by atoms with van der Waals surface area (Å²) in [6.07, 6.45) is 3.80. The summed E-state index contributed by atoms with van der Waals surface area (Å²) in [6.45, 7) is 4.60. The quantitative estimate of drug-likeness (QED) is 0.596. The molecule has 1 aromatic carbocycles. The number of pyridine rings is 1. The summed E-state index contributed by atoms with van der Waals surface area (Å²) in [5.41, 5.74) is 3.68. The van der Waals surface area contributed by atoms with Crippen LogP contribution in [-0.2, 0) is 22.5 Å². The van der Waals surface area contributed by atoms with Gasteiger partial charge in [0.25, 0.3) is 11.5 Å². The van der Waals surface area contributed by atoms with Crippen LogP contribution in [0.1, 0.15) is 17.2 Å². The molecule has 3 aromatic rings. The van der Waals surface area contributed by atoms with Crippen molar-refractivity contribution in [2.45, 2.75) is 19.1 Å². The van der Waals surface area contributed by atoms with Gasteiger partial charge in [0, 0.05) is 56.7 Å². The Hall–Kier alpha value is -3.36. The highest BCUT2D eigenvalue weighted by molar-refractivity contribution is 5.83. The smallest absolute Gasteiger partial charge is 0.266 e. The van der Waals surface area contributed by atoms with Gasteiger partial charge >= 0.3 is 0 Å². The summed E-state index contributed by atoms with van der Waals surface area (Å²) in [7, 11) is 0. The third kappa shape index (κ3) is 4.72. The number of piperazine rings is 1. The average molecular weight is 446 g/mol. The highest BCUT2D eigenvalue weighted by Gasteiger charge is 2.32. The van der Waals surface area contributed by atoms with E-state index in [1.165, 1.54) is 10.2 Å². The third-order valence-corrected chi connectivity index (χ3v) is 6.35. The lowest BCUT2D eigenvalue weighted by molar-refractivity contribution is -0.147. The number of carbonyl (C=O) groups is 1. The standard InChI is InChI=1S/C25H27N5O3/c31-23-8-7-22(20-5-3-10-26-18-20)27-30(23)16-13-28-11-14-29(15-12-28)25(32)24-21-6-2-1-4-19(21)9-17-33-24/h1-8,10,18,24H,9,11-17H2. The summed E-state index contributed by atoms with van der Waals surface area (Å²) in [6, 6.07) is 15.1. The van der Waals surface area contributed by atoms with E-state index in [0.717, 1.165) is 36.3 Å². The largest absolute Gasteiger partial charge is 0.363 e. The molecule has 0 aliphatic carbocycles. The van der Waals surface area contributed by atoms with E-state index in [4.69, 9.17) is 4.74 Å². The summed E-state index contributed by atoms with van der Waals surface area (Å²) < 4.78 is 7.36. The molecule has 2 aromatic heterocycles. The number of hydrogen-bond donors (Lipinski definition) is 0. The Morgan fingerprint density at radius 2 is 1.85 bits per heavy atom. The molecular formula is C25H27N5O3. The minimum Gasteiger partial charge on any atom is -0.363 e. The predicted octanol–water partition coefficient (Wildman–Crippen LogP) is 1.76. The molecule has 0 N–H and O–H groups in total. The van der Waals surface area contributed by atoms with Crippen molar-refractivity contribution in [3.8, 4) is 11.3 Å². The van der Waals surface area contributed by atoms with Crippen molar-refractivity contribution >= 4 is 5.91 Å². The van der Waals surface area contributed by atoms with Crippen molar-refractivity contribution in [1.29, 1.82) is 0 Å². The Balaban J connectivity index is 1.18. The lowest BCUT2D eigenvalue weighted by atomic mass is 9.96.